The molecule has 0 aliphatic carbocycles. The van der Waals surface area contributed by atoms with Crippen LogP contribution in [-0.2, 0) is 16.1 Å². The van der Waals surface area contributed by atoms with Gasteiger partial charge in [0, 0.05) is 13.1 Å². The van der Waals surface area contributed by atoms with Crippen molar-refractivity contribution in [3.63, 3.8) is 0 Å². The van der Waals surface area contributed by atoms with Gasteiger partial charge in [0.1, 0.15) is 6.54 Å². The Morgan fingerprint density at radius 2 is 1.81 bits per heavy atom. The van der Waals surface area contributed by atoms with Crippen molar-refractivity contribution >= 4 is 11.9 Å². The van der Waals surface area contributed by atoms with Crippen molar-refractivity contribution in [3.05, 3.63) is 11.4 Å². The standard InChI is InChI=1S/C14H24N4O3/c1-5-8-17(9-6-2)12(19)10-18-11(4)13(15-16-18)14(20)21-7-3/h5-10H2,1-4H3. The lowest BCUT2D eigenvalue weighted by molar-refractivity contribution is -0.132. The van der Waals surface area contributed by atoms with Gasteiger partial charge >= 0.3 is 5.97 Å². The molecule has 1 rings (SSSR count). The van der Waals surface area contributed by atoms with E-state index in [4.69, 9.17) is 4.74 Å². The van der Waals surface area contributed by atoms with Crippen LogP contribution in [0.5, 0.6) is 0 Å². The molecular weight excluding hydrogens is 272 g/mol. The third-order valence-corrected chi connectivity index (χ3v) is 3.08. The summed E-state index contributed by atoms with van der Waals surface area (Å²) in [4.78, 5) is 25.8. The number of nitrogens with zero attached hydrogens (tertiary/aromatic N) is 4. The Bertz CT molecular complexity index is 479. The van der Waals surface area contributed by atoms with Crippen LogP contribution in [0.2, 0.25) is 0 Å². The molecule has 0 unspecified atom stereocenters. The molecule has 0 fully saturated rings. The van der Waals surface area contributed by atoms with Gasteiger partial charge in [-0.25, -0.2) is 9.48 Å². The van der Waals surface area contributed by atoms with E-state index in [0.29, 0.717) is 5.69 Å². The van der Waals surface area contributed by atoms with Gasteiger partial charge in [-0.1, -0.05) is 19.1 Å². The number of carbonyl (C=O) groups excluding carboxylic acids is 2. The maximum absolute atomic E-state index is 12.3. The zero-order valence-electron chi connectivity index (χ0n) is 13.3. The summed E-state index contributed by atoms with van der Waals surface area (Å²) < 4.78 is 6.35. The number of esters is 1. The summed E-state index contributed by atoms with van der Waals surface area (Å²) >= 11 is 0. The quantitative estimate of drug-likeness (QED) is 0.678. The van der Waals surface area contributed by atoms with Crippen LogP contribution < -0.4 is 0 Å². The molecule has 1 aromatic rings. The van der Waals surface area contributed by atoms with Gasteiger partial charge in [-0.05, 0) is 26.7 Å². The van der Waals surface area contributed by atoms with E-state index in [2.05, 4.69) is 10.3 Å². The molecule has 0 spiro atoms. The molecule has 21 heavy (non-hydrogen) atoms. The van der Waals surface area contributed by atoms with Gasteiger partial charge < -0.3 is 9.64 Å². The molecule has 0 aromatic carbocycles. The van der Waals surface area contributed by atoms with Crippen LogP contribution in [0.15, 0.2) is 0 Å². The minimum absolute atomic E-state index is 0.0119. The van der Waals surface area contributed by atoms with Gasteiger partial charge in [0.05, 0.1) is 12.3 Å². The summed E-state index contributed by atoms with van der Waals surface area (Å²) in [7, 11) is 0. The van der Waals surface area contributed by atoms with Crippen LogP contribution in [0, 0.1) is 6.92 Å². The van der Waals surface area contributed by atoms with Gasteiger partial charge in [0.2, 0.25) is 5.91 Å². The number of carbonyl (C=O) groups is 2. The number of hydrogen-bond acceptors (Lipinski definition) is 5. The molecule has 0 bridgehead atoms. The fourth-order valence-corrected chi connectivity index (χ4v) is 2.03. The van der Waals surface area contributed by atoms with Crippen LogP contribution in [-0.4, -0.2) is 51.5 Å². The van der Waals surface area contributed by atoms with Crippen molar-refractivity contribution in [2.45, 2.75) is 47.1 Å². The molecule has 7 heteroatoms. The summed E-state index contributed by atoms with van der Waals surface area (Å²) in [6, 6.07) is 0. The van der Waals surface area contributed by atoms with Gasteiger partial charge in [0.15, 0.2) is 5.69 Å². The highest BCUT2D eigenvalue weighted by molar-refractivity contribution is 5.88. The van der Waals surface area contributed by atoms with Crippen molar-refractivity contribution in [2.75, 3.05) is 19.7 Å². The zero-order chi connectivity index (χ0) is 15.8. The minimum Gasteiger partial charge on any atom is -0.461 e. The Kier molecular flexibility index (Phi) is 6.84. The summed E-state index contributed by atoms with van der Waals surface area (Å²) in [6.07, 6.45) is 1.83. The number of rotatable bonds is 8. The second kappa shape index (κ2) is 8.39. The first-order valence-corrected chi connectivity index (χ1v) is 7.40. The average molecular weight is 296 g/mol. The second-order valence-electron chi connectivity index (χ2n) is 4.78. The normalized spacial score (nSPS) is 10.5. The average Bonchev–Trinajstić information content (AvgIpc) is 2.80. The second-order valence-corrected chi connectivity index (χ2v) is 4.78. The molecule has 1 amide bonds. The third kappa shape index (κ3) is 4.54. The highest BCUT2D eigenvalue weighted by Gasteiger charge is 2.20. The highest BCUT2D eigenvalue weighted by atomic mass is 16.5. The predicted molar refractivity (Wildman–Crippen MR) is 77.9 cm³/mol. The number of amides is 1. The Morgan fingerprint density at radius 3 is 2.33 bits per heavy atom. The van der Waals surface area contributed by atoms with Crippen molar-refractivity contribution in [1.29, 1.82) is 0 Å². The summed E-state index contributed by atoms with van der Waals surface area (Å²) in [5.74, 6) is -0.519. The van der Waals surface area contributed by atoms with Crippen molar-refractivity contribution in [1.82, 2.24) is 19.9 Å². The zero-order valence-corrected chi connectivity index (χ0v) is 13.3. The van der Waals surface area contributed by atoms with E-state index < -0.39 is 5.97 Å². The van der Waals surface area contributed by atoms with Crippen molar-refractivity contribution in [2.24, 2.45) is 0 Å². The van der Waals surface area contributed by atoms with E-state index in [1.54, 1.807) is 13.8 Å². The fraction of sp³-hybridized carbons (Fsp3) is 0.714. The lowest BCUT2D eigenvalue weighted by Gasteiger charge is -2.21. The maximum atomic E-state index is 12.3. The molecule has 0 atom stereocenters. The number of hydrogen-bond donors (Lipinski definition) is 0. The summed E-state index contributed by atoms with van der Waals surface area (Å²) in [5, 5.41) is 7.69. The molecule has 0 N–H and O–H groups in total. The molecule has 0 radical (unpaired) electrons. The fourth-order valence-electron chi connectivity index (χ4n) is 2.03. The van der Waals surface area contributed by atoms with Gasteiger partial charge in [-0.3, -0.25) is 4.79 Å². The first-order chi connectivity index (χ1) is 10.0. The molecule has 1 aromatic heterocycles. The lowest BCUT2D eigenvalue weighted by Crippen LogP contribution is -2.35. The number of aromatic nitrogens is 3. The van der Waals surface area contributed by atoms with E-state index in [1.807, 2.05) is 18.7 Å². The molecule has 0 saturated carbocycles. The SMILES string of the molecule is CCCN(CCC)C(=O)Cn1nnc(C(=O)OCC)c1C. The number of ether oxygens (including phenoxy) is 1. The maximum Gasteiger partial charge on any atom is 0.360 e. The van der Waals surface area contributed by atoms with Gasteiger partial charge in [0.25, 0.3) is 0 Å². The van der Waals surface area contributed by atoms with E-state index in [9.17, 15) is 9.59 Å². The predicted octanol–water partition coefficient (Wildman–Crippen LogP) is 1.41. The van der Waals surface area contributed by atoms with E-state index in [1.165, 1.54) is 4.68 Å². The van der Waals surface area contributed by atoms with Crippen LogP contribution in [0.3, 0.4) is 0 Å². The lowest BCUT2D eigenvalue weighted by atomic mass is 10.3. The topological polar surface area (TPSA) is 77.3 Å². The van der Waals surface area contributed by atoms with Crippen LogP contribution in [0.1, 0.15) is 49.8 Å². The molecule has 0 saturated heterocycles. The monoisotopic (exact) mass is 296 g/mol. The Balaban J connectivity index is 2.78. The third-order valence-electron chi connectivity index (χ3n) is 3.08. The largest absolute Gasteiger partial charge is 0.461 e. The van der Waals surface area contributed by atoms with Gasteiger partial charge in [-0.2, -0.15) is 0 Å². The molecule has 1 heterocycles. The Morgan fingerprint density at radius 1 is 1.19 bits per heavy atom. The van der Waals surface area contributed by atoms with E-state index in [0.717, 1.165) is 25.9 Å². The van der Waals surface area contributed by atoms with E-state index >= 15 is 0 Å². The molecular formula is C14H24N4O3. The molecule has 118 valence electrons. The van der Waals surface area contributed by atoms with Crippen molar-refractivity contribution < 1.29 is 14.3 Å². The van der Waals surface area contributed by atoms with Crippen LogP contribution >= 0.6 is 0 Å². The summed E-state index contributed by atoms with van der Waals surface area (Å²) in [5.41, 5.74) is 0.719. The van der Waals surface area contributed by atoms with Crippen LogP contribution in [0.4, 0.5) is 0 Å². The first kappa shape index (κ1) is 17.1. The van der Waals surface area contributed by atoms with Crippen LogP contribution in [0.25, 0.3) is 0 Å². The highest BCUT2D eigenvalue weighted by Crippen LogP contribution is 2.07. The van der Waals surface area contributed by atoms with Crippen molar-refractivity contribution in [3.8, 4) is 0 Å². The van der Waals surface area contributed by atoms with Gasteiger partial charge in [-0.15, -0.1) is 5.10 Å². The van der Waals surface area contributed by atoms with E-state index in [-0.39, 0.29) is 24.8 Å². The molecule has 0 aliphatic rings. The summed E-state index contributed by atoms with van der Waals surface area (Å²) in [6.45, 7) is 9.35. The first-order valence-electron chi connectivity index (χ1n) is 7.40. The minimum atomic E-state index is -0.507. The molecule has 7 nitrogen and oxygen atoms in total. The Hall–Kier alpha value is -1.92. The Labute approximate surface area is 125 Å². The molecule has 0 aliphatic heterocycles. The smallest absolute Gasteiger partial charge is 0.360 e.